The van der Waals surface area contributed by atoms with Gasteiger partial charge in [0.2, 0.25) is 10.0 Å². The zero-order chi connectivity index (χ0) is 20.7. The van der Waals surface area contributed by atoms with E-state index in [2.05, 4.69) is 5.10 Å². The van der Waals surface area contributed by atoms with E-state index in [0.29, 0.717) is 19.4 Å². The molecule has 3 rings (SSSR count). The third-order valence-corrected chi connectivity index (χ3v) is 5.39. The van der Waals surface area contributed by atoms with Gasteiger partial charge in [0.1, 0.15) is 5.69 Å². The lowest BCUT2D eigenvalue weighted by Gasteiger charge is -2.34. The Morgan fingerprint density at radius 1 is 1.29 bits per heavy atom. The van der Waals surface area contributed by atoms with Gasteiger partial charge in [0.25, 0.3) is 5.69 Å². The molecule has 0 radical (unpaired) electrons. The molecule has 13 heteroatoms. The molecule has 2 aromatic rings. The van der Waals surface area contributed by atoms with E-state index >= 15 is 0 Å². The maximum Gasteiger partial charge on any atom is 0.435 e. The van der Waals surface area contributed by atoms with Crippen LogP contribution in [0, 0.1) is 10.1 Å². The second kappa shape index (κ2) is 7.05. The molecule has 0 amide bonds. The van der Waals surface area contributed by atoms with Crippen LogP contribution in [-0.2, 0) is 16.2 Å². The second-order valence-corrected chi connectivity index (χ2v) is 7.93. The third-order valence-electron chi connectivity index (χ3n) is 4.48. The predicted molar refractivity (Wildman–Crippen MR) is 92.2 cm³/mol. The van der Waals surface area contributed by atoms with Crippen LogP contribution in [0.1, 0.15) is 24.6 Å². The summed E-state index contributed by atoms with van der Waals surface area (Å²) in [5.41, 5.74) is -1.28. The highest BCUT2D eigenvalue weighted by Gasteiger charge is 2.35. The van der Waals surface area contributed by atoms with Crippen molar-refractivity contribution >= 4 is 21.4 Å². The molecule has 1 saturated heterocycles. The fourth-order valence-corrected chi connectivity index (χ4v) is 3.71. The summed E-state index contributed by atoms with van der Waals surface area (Å²) < 4.78 is 62.4. The highest BCUT2D eigenvalue weighted by Crippen LogP contribution is 2.35. The first-order valence-corrected chi connectivity index (χ1v) is 9.70. The van der Waals surface area contributed by atoms with Crippen molar-refractivity contribution in [2.24, 2.45) is 5.14 Å². The average molecular weight is 419 g/mol. The number of alkyl halides is 3. The van der Waals surface area contributed by atoms with Gasteiger partial charge in [0.15, 0.2) is 5.69 Å². The maximum absolute atomic E-state index is 12.8. The van der Waals surface area contributed by atoms with Crippen molar-refractivity contribution in [1.82, 2.24) is 9.78 Å². The number of anilines is 1. The van der Waals surface area contributed by atoms with Gasteiger partial charge in [0.05, 0.1) is 15.9 Å². The van der Waals surface area contributed by atoms with Crippen molar-refractivity contribution in [3.63, 3.8) is 0 Å². The number of rotatable bonds is 4. The molecule has 152 valence electrons. The molecular formula is C15H16F3N5O4S. The Balaban J connectivity index is 1.90. The molecule has 1 unspecified atom stereocenters. The van der Waals surface area contributed by atoms with Crippen molar-refractivity contribution in [3.8, 4) is 0 Å². The quantitative estimate of drug-likeness (QED) is 0.599. The van der Waals surface area contributed by atoms with E-state index in [4.69, 9.17) is 5.14 Å². The van der Waals surface area contributed by atoms with Gasteiger partial charge < -0.3 is 4.90 Å². The Morgan fingerprint density at radius 3 is 2.57 bits per heavy atom. The SMILES string of the molecule is NS(=O)(=O)c1ccc(N2CCCC(n3ccc(C(F)(F)F)n3)C2)c([N+](=O)[O-])c1. The zero-order valence-electron chi connectivity index (χ0n) is 14.3. The number of nitro benzene ring substituents is 1. The topological polar surface area (TPSA) is 124 Å². The molecule has 1 aromatic carbocycles. The number of sulfonamides is 1. The number of primary sulfonamides is 1. The summed E-state index contributed by atoms with van der Waals surface area (Å²) in [6, 6.07) is 3.79. The molecule has 1 aliphatic heterocycles. The van der Waals surface area contributed by atoms with Crippen molar-refractivity contribution in [2.45, 2.75) is 30.0 Å². The minimum atomic E-state index is -4.55. The first-order chi connectivity index (χ1) is 13.0. The number of aromatic nitrogens is 2. The summed E-state index contributed by atoms with van der Waals surface area (Å²) in [6.07, 6.45) is -2.20. The molecule has 0 saturated carbocycles. The molecule has 0 aliphatic carbocycles. The number of hydrogen-bond donors (Lipinski definition) is 1. The Hall–Kier alpha value is -2.67. The molecule has 2 N–H and O–H groups in total. The number of benzene rings is 1. The summed E-state index contributed by atoms with van der Waals surface area (Å²) >= 11 is 0. The molecule has 1 aromatic heterocycles. The lowest BCUT2D eigenvalue weighted by molar-refractivity contribution is -0.384. The Labute approximate surface area is 157 Å². The number of nitrogens with zero attached hydrogens (tertiary/aromatic N) is 4. The molecule has 1 atom stereocenters. The van der Waals surface area contributed by atoms with Crippen LogP contribution in [0.3, 0.4) is 0 Å². The predicted octanol–water partition coefficient (Wildman–Crippen LogP) is 2.30. The first kappa shape index (κ1) is 20.1. The minimum Gasteiger partial charge on any atom is -0.364 e. The summed E-state index contributed by atoms with van der Waals surface area (Å²) in [7, 11) is -4.11. The van der Waals surface area contributed by atoms with Crippen molar-refractivity contribution in [3.05, 3.63) is 46.3 Å². The van der Waals surface area contributed by atoms with E-state index in [1.54, 1.807) is 4.90 Å². The van der Waals surface area contributed by atoms with Gasteiger partial charge in [-0.05, 0) is 31.0 Å². The highest BCUT2D eigenvalue weighted by atomic mass is 32.2. The molecule has 1 aliphatic rings. The molecule has 9 nitrogen and oxygen atoms in total. The van der Waals surface area contributed by atoms with Gasteiger partial charge in [-0.2, -0.15) is 18.3 Å². The van der Waals surface area contributed by atoms with E-state index in [1.807, 2.05) is 0 Å². The van der Waals surface area contributed by atoms with Crippen LogP contribution in [0.15, 0.2) is 35.4 Å². The molecular weight excluding hydrogens is 403 g/mol. The number of halogens is 3. The summed E-state index contributed by atoms with van der Waals surface area (Å²) in [5.74, 6) is 0. The normalized spacial score (nSPS) is 18.3. The largest absolute Gasteiger partial charge is 0.435 e. The van der Waals surface area contributed by atoms with E-state index in [-0.39, 0.29) is 12.2 Å². The van der Waals surface area contributed by atoms with E-state index in [1.165, 1.54) is 16.9 Å². The van der Waals surface area contributed by atoms with Gasteiger partial charge >= 0.3 is 6.18 Å². The fraction of sp³-hybridized carbons (Fsp3) is 0.400. The van der Waals surface area contributed by atoms with Crippen LogP contribution in [0.5, 0.6) is 0 Å². The van der Waals surface area contributed by atoms with E-state index < -0.39 is 43.4 Å². The number of piperidine rings is 1. The van der Waals surface area contributed by atoms with Crippen LogP contribution < -0.4 is 10.0 Å². The molecule has 2 heterocycles. The van der Waals surface area contributed by atoms with E-state index in [0.717, 1.165) is 18.2 Å². The van der Waals surface area contributed by atoms with Gasteiger partial charge in [-0.3, -0.25) is 14.8 Å². The fourth-order valence-electron chi connectivity index (χ4n) is 3.18. The van der Waals surface area contributed by atoms with Crippen LogP contribution in [0.4, 0.5) is 24.5 Å². The van der Waals surface area contributed by atoms with Crippen molar-refractivity contribution in [1.29, 1.82) is 0 Å². The monoisotopic (exact) mass is 419 g/mol. The van der Waals surface area contributed by atoms with Gasteiger partial charge in [-0.1, -0.05) is 0 Å². The summed E-state index contributed by atoms with van der Waals surface area (Å²) in [5, 5.41) is 20.0. The minimum absolute atomic E-state index is 0.172. The van der Waals surface area contributed by atoms with Crippen molar-refractivity contribution in [2.75, 3.05) is 18.0 Å². The van der Waals surface area contributed by atoms with E-state index in [9.17, 15) is 31.7 Å². The molecule has 0 spiro atoms. The van der Waals surface area contributed by atoms with Gasteiger partial charge in [-0.15, -0.1) is 0 Å². The smallest absolute Gasteiger partial charge is 0.364 e. The molecule has 28 heavy (non-hydrogen) atoms. The van der Waals surface area contributed by atoms with Gasteiger partial charge in [0, 0.05) is 25.4 Å². The lowest BCUT2D eigenvalue weighted by atomic mass is 10.0. The van der Waals surface area contributed by atoms with Crippen LogP contribution >= 0.6 is 0 Å². The van der Waals surface area contributed by atoms with Crippen LogP contribution in [0.25, 0.3) is 0 Å². The third kappa shape index (κ3) is 4.09. The number of nitro groups is 1. The maximum atomic E-state index is 12.8. The van der Waals surface area contributed by atoms with Crippen LogP contribution in [0.2, 0.25) is 0 Å². The molecule has 1 fully saturated rings. The van der Waals surface area contributed by atoms with Crippen LogP contribution in [-0.4, -0.2) is 36.2 Å². The Morgan fingerprint density at radius 2 is 2.00 bits per heavy atom. The standard InChI is InChI=1S/C15H16F3N5O4S/c16-15(17,18)14-5-7-22(20-14)10-2-1-6-21(9-10)12-4-3-11(28(19,26)27)8-13(12)23(24)25/h3-5,7-8,10H,1-2,6,9H2,(H2,19,26,27). The summed E-state index contributed by atoms with van der Waals surface area (Å²) in [6.45, 7) is 0.619. The number of hydrogen-bond acceptors (Lipinski definition) is 6. The highest BCUT2D eigenvalue weighted by molar-refractivity contribution is 7.89. The zero-order valence-corrected chi connectivity index (χ0v) is 15.2. The van der Waals surface area contributed by atoms with Crippen molar-refractivity contribution < 1.29 is 26.5 Å². The Kier molecular flexibility index (Phi) is 5.06. The molecule has 0 bridgehead atoms. The lowest BCUT2D eigenvalue weighted by Crippen LogP contribution is -2.37. The second-order valence-electron chi connectivity index (χ2n) is 6.37. The number of nitrogens with two attached hydrogens (primary N) is 1. The summed E-state index contributed by atoms with van der Waals surface area (Å²) in [4.78, 5) is 11.9. The van der Waals surface area contributed by atoms with Gasteiger partial charge in [-0.25, -0.2) is 13.6 Å². The first-order valence-electron chi connectivity index (χ1n) is 8.15. The average Bonchev–Trinajstić information content (AvgIpc) is 3.11. The Bertz CT molecular complexity index is 1010.